The van der Waals surface area contributed by atoms with Crippen molar-refractivity contribution in [3.05, 3.63) is 35.6 Å². The summed E-state index contributed by atoms with van der Waals surface area (Å²) in [6, 6.07) is 6.36. The summed E-state index contributed by atoms with van der Waals surface area (Å²) in [4.78, 5) is 28.1. The maximum absolute atomic E-state index is 13.6. The summed E-state index contributed by atoms with van der Waals surface area (Å²) in [5.74, 6) is -0.121. The van der Waals surface area contributed by atoms with Gasteiger partial charge in [-0.3, -0.25) is 9.59 Å². The molecule has 24 heavy (non-hydrogen) atoms. The largest absolute Gasteiger partial charge is 0.343 e. The van der Waals surface area contributed by atoms with Crippen molar-refractivity contribution in [2.24, 2.45) is 5.92 Å². The van der Waals surface area contributed by atoms with E-state index in [0.717, 1.165) is 12.1 Å². The van der Waals surface area contributed by atoms with Crippen LogP contribution in [0.15, 0.2) is 24.3 Å². The van der Waals surface area contributed by atoms with Crippen molar-refractivity contribution in [2.45, 2.75) is 25.8 Å². The Balaban J connectivity index is 1.71. The summed E-state index contributed by atoms with van der Waals surface area (Å²) in [5, 5.41) is 3.29. The standard InChI is InChI=1S/C18H24FN3O2/c1-13(23)21-8-5-14(6-9-21)18(24)22-10-7-20-12-17(22)15-3-2-4-16(19)11-15/h2-4,11,14,17,20H,5-10,12H2,1H3. The average molecular weight is 333 g/mol. The smallest absolute Gasteiger partial charge is 0.226 e. The molecule has 1 aromatic rings. The second-order valence-electron chi connectivity index (χ2n) is 6.59. The van der Waals surface area contributed by atoms with Gasteiger partial charge in [0, 0.05) is 45.6 Å². The third-order valence-corrected chi connectivity index (χ3v) is 5.05. The summed E-state index contributed by atoms with van der Waals surface area (Å²) >= 11 is 0. The molecule has 2 aliphatic heterocycles. The summed E-state index contributed by atoms with van der Waals surface area (Å²) in [6.45, 7) is 4.88. The number of rotatable bonds is 2. The second kappa shape index (κ2) is 7.30. The molecule has 0 aliphatic carbocycles. The first-order valence-corrected chi connectivity index (χ1v) is 8.58. The Morgan fingerprint density at radius 2 is 1.96 bits per heavy atom. The van der Waals surface area contributed by atoms with Crippen LogP contribution in [0.25, 0.3) is 0 Å². The van der Waals surface area contributed by atoms with Gasteiger partial charge in [0.2, 0.25) is 11.8 Å². The highest BCUT2D eigenvalue weighted by molar-refractivity contribution is 5.80. The fourth-order valence-electron chi connectivity index (χ4n) is 3.66. The molecule has 2 heterocycles. The Labute approximate surface area is 141 Å². The van der Waals surface area contributed by atoms with Gasteiger partial charge in [0.15, 0.2) is 0 Å². The van der Waals surface area contributed by atoms with Crippen molar-refractivity contribution >= 4 is 11.8 Å². The summed E-state index contributed by atoms with van der Waals surface area (Å²) in [7, 11) is 0. The van der Waals surface area contributed by atoms with Gasteiger partial charge in [-0.1, -0.05) is 12.1 Å². The summed E-state index contributed by atoms with van der Waals surface area (Å²) < 4.78 is 13.6. The number of hydrogen-bond donors (Lipinski definition) is 1. The number of benzene rings is 1. The SMILES string of the molecule is CC(=O)N1CCC(C(=O)N2CCNCC2c2cccc(F)c2)CC1. The first-order chi connectivity index (χ1) is 11.6. The molecule has 0 aromatic heterocycles. The molecule has 1 unspecified atom stereocenters. The van der Waals surface area contributed by atoms with Crippen LogP contribution >= 0.6 is 0 Å². The zero-order valence-corrected chi connectivity index (χ0v) is 14.0. The third-order valence-electron chi connectivity index (χ3n) is 5.05. The molecule has 2 amide bonds. The maximum Gasteiger partial charge on any atom is 0.226 e. The van der Waals surface area contributed by atoms with Crippen molar-refractivity contribution in [1.82, 2.24) is 15.1 Å². The molecule has 3 rings (SSSR count). The van der Waals surface area contributed by atoms with Crippen molar-refractivity contribution < 1.29 is 14.0 Å². The van der Waals surface area contributed by atoms with E-state index < -0.39 is 0 Å². The van der Waals surface area contributed by atoms with Crippen LogP contribution in [0.4, 0.5) is 4.39 Å². The lowest BCUT2D eigenvalue weighted by atomic mass is 9.93. The second-order valence-corrected chi connectivity index (χ2v) is 6.59. The number of nitrogens with zero attached hydrogens (tertiary/aromatic N) is 2. The number of piperidine rings is 1. The van der Waals surface area contributed by atoms with Crippen LogP contribution in [-0.2, 0) is 9.59 Å². The van der Waals surface area contributed by atoms with Gasteiger partial charge in [-0.25, -0.2) is 4.39 Å². The fraction of sp³-hybridized carbons (Fsp3) is 0.556. The molecule has 0 saturated carbocycles. The van der Waals surface area contributed by atoms with Crippen LogP contribution in [0, 0.1) is 11.7 Å². The molecule has 130 valence electrons. The predicted octanol–water partition coefficient (Wildman–Crippen LogP) is 1.56. The zero-order valence-electron chi connectivity index (χ0n) is 14.0. The van der Waals surface area contributed by atoms with Crippen LogP contribution in [0.2, 0.25) is 0 Å². The Kier molecular flexibility index (Phi) is 5.14. The minimum Gasteiger partial charge on any atom is -0.343 e. The Morgan fingerprint density at radius 3 is 2.62 bits per heavy atom. The van der Waals surface area contributed by atoms with Gasteiger partial charge in [0.1, 0.15) is 5.82 Å². The Bertz CT molecular complexity index is 614. The van der Waals surface area contributed by atoms with Gasteiger partial charge in [-0.15, -0.1) is 0 Å². The predicted molar refractivity (Wildman–Crippen MR) is 88.7 cm³/mol. The van der Waals surface area contributed by atoms with E-state index in [2.05, 4.69) is 5.32 Å². The normalized spacial score (nSPS) is 22.5. The number of nitrogens with one attached hydrogen (secondary N) is 1. The van der Waals surface area contributed by atoms with E-state index in [-0.39, 0.29) is 29.6 Å². The average Bonchev–Trinajstić information content (AvgIpc) is 2.61. The number of piperazine rings is 1. The van der Waals surface area contributed by atoms with Gasteiger partial charge in [0.25, 0.3) is 0 Å². The monoisotopic (exact) mass is 333 g/mol. The first-order valence-electron chi connectivity index (χ1n) is 8.58. The van der Waals surface area contributed by atoms with Crippen molar-refractivity contribution in [3.63, 3.8) is 0 Å². The minimum atomic E-state index is -0.278. The van der Waals surface area contributed by atoms with Gasteiger partial charge >= 0.3 is 0 Å². The molecule has 2 fully saturated rings. The molecular weight excluding hydrogens is 309 g/mol. The molecule has 1 atom stereocenters. The molecule has 5 nitrogen and oxygen atoms in total. The molecule has 0 bridgehead atoms. The van der Waals surface area contributed by atoms with Gasteiger partial charge in [-0.05, 0) is 30.5 Å². The molecule has 0 radical (unpaired) electrons. The van der Waals surface area contributed by atoms with E-state index >= 15 is 0 Å². The van der Waals surface area contributed by atoms with E-state index in [9.17, 15) is 14.0 Å². The third kappa shape index (κ3) is 3.59. The lowest BCUT2D eigenvalue weighted by molar-refractivity contribution is -0.142. The number of halogens is 1. The minimum absolute atomic E-state index is 0.0465. The number of hydrogen-bond acceptors (Lipinski definition) is 3. The van der Waals surface area contributed by atoms with E-state index in [0.29, 0.717) is 39.0 Å². The van der Waals surface area contributed by atoms with Gasteiger partial charge in [-0.2, -0.15) is 0 Å². The molecule has 2 aliphatic rings. The van der Waals surface area contributed by atoms with Crippen molar-refractivity contribution in [2.75, 3.05) is 32.7 Å². The topological polar surface area (TPSA) is 52.7 Å². The zero-order chi connectivity index (χ0) is 17.1. The highest BCUT2D eigenvalue weighted by atomic mass is 19.1. The molecule has 1 N–H and O–H groups in total. The van der Waals surface area contributed by atoms with E-state index in [1.165, 1.54) is 12.1 Å². The molecular formula is C18H24FN3O2. The Hall–Kier alpha value is -1.95. The number of carbonyl (C=O) groups excluding carboxylic acids is 2. The Morgan fingerprint density at radius 1 is 1.21 bits per heavy atom. The summed E-state index contributed by atoms with van der Waals surface area (Å²) in [5.41, 5.74) is 0.830. The van der Waals surface area contributed by atoms with Crippen LogP contribution < -0.4 is 5.32 Å². The van der Waals surface area contributed by atoms with E-state index in [4.69, 9.17) is 0 Å². The van der Waals surface area contributed by atoms with Crippen LogP contribution in [0.5, 0.6) is 0 Å². The van der Waals surface area contributed by atoms with Crippen molar-refractivity contribution in [3.8, 4) is 0 Å². The van der Waals surface area contributed by atoms with E-state index in [1.807, 2.05) is 11.0 Å². The van der Waals surface area contributed by atoms with Crippen molar-refractivity contribution in [1.29, 1.82) is 0 Å². The number of likely N-dealkylation sites (tertiary alicyclic amines) is 1. The van der Waals surface area contributed by atoms with Crippen LogP contribution in [0.1, 0.15) is 31.4 Å². The molecule has 0 spiro atoms. The van der Waals surface area contributed by atoms with E-state index in [1.54, 1.807) is 17.9 Å². The molecule has 6 heteroatoms. The van der Waals surface area contributed by atoms with Gasteiger partial charge in [0.05, 0.1) is 6.04 Å². The molecule has 2 saturated heterocycles. The van der Waals surface area contributed by atoms with Crippen LogP contribution in [-0.4, -0.2) is 54.3 Å². The first kappa shape index (κ1) is 16.9. The fourth-order valence-corrected chi connectivity index (χ4v) is 3.66. The summed E-state index contributed by atoms with van der Waals surface area (Å²) in [6.07, 6.45) is 1.41. The lowest BCUT2D eigenvalue weighted by Gasteiger charge is -2.40. The maximum atomic E-state index is 13.6. The highest BCUT2D eigenvalue weighted by Crippen LogP contribution is 2.28. The van der Waals surface area contributed by atoms with Crippen LogP contribution in [0.3, 0.4) is 0 Å². The highest BCUT2D eigenvalue weighted by Gasteiger charge is 2.34. The number of amides is 2. The number of carbonyl (C=O) groups is 2. The lowest BCUT2D eigenvalue weighted by Crippen LogP contribution is -2.52. The van der Waals surface area contributed by atoms with Gasteiger partial charge < -0.3 is 15.1 Å². The quantitative estimate of drug-likeness (QED) is 0.894. The molecule has 1 aromatic carbocycles.